The Labute approximate surface area is 169 Å². The van der Waals surface area contributed by atoms with Crippen LogP contribution in [0.2, 0.25) is 0 Å². The Balaban J connectivity index is 2.54. The van der Waals surface area contributed by atoms with Crippen LogP contribution in [0.4, 0.5) is 16.5 Å². The van der Waals surface area contributed by atoms with Crippen LogP contribution in [0.1, 0.15) is 30.1 Å². The highest BCUT2D eigenvalue weighted by Gasteiger charge is 2.54. The van der Waals surface area contributed by atoms with E-state index in [2.05, 4.69) is 15.2 Å². The molecule has 0 saturated carbocycles. The Morgan fingerprint density at radius 3 is 2.34 bits per heavy atom. The van der Waals surface area contributed by atoms with Crippen molar-refractivity contribution in [2.45, 2.75) is 24.0 Å². The summed E-state index contributed by atoms with van der Waals surface area (Å²) in [6.45, 7) is 1.43. The Bertz CT molecular complexity index is 1100. The van der Waals surface area contributed by atoms with Crippen molar-refractivity contribution in [3.05, 3.63) is 35.3 Å². The summed E-state index contributed by atoms with van der Waals surface area (Å²) >= 11 is 1.16. The maximum absolute atomic E-state index is 11.8. The molecule has 29 heavy (non-hydrogen) atoms. The number of thiazole rings is 1. The summed E-state index contributed by atoms with van der Waals surface area (Å²) in [5.41, 5.74) is -0.858. The molecule has 0 saturated heterocycles. The standard InChI is InChI=1S/C14H16N4O8S3/c1-2-5-14(28(21,22)23,29(24,25)26)16-9-3-4-11(10(8-9)12(19)20)17-18-13-15-6-7-27-13/h3-4,6-8,16H,2,5H2,1H3,(H,19,20)(H,21,22,23)(H,24,25,26). The maximum Gasteiger partial charge on any atom is 0.338 e. The molecule has 1 aromatic carbocycles. The quantitative estimate of drug-likeness (QED) is 0.316. The van der Waals surface area contributed by atoms with Gasteiger partial charge in [0.15, 0.2) is 0 Å². The van der Waals surface area contributed by atoms with Gasteiger partial charge < -0.3 is 10.4 Å². The Hall–Kier alpha value is -2.46. The normalized spacial score (nSPS) is 12.9. The van der Waals surface area contributed by atoms with Gasteiger partial charge in [-0.1, -0.05) is 13.3 Å². The molecule has 1 aromatic heterocycles. The van der Waals surface area contributed by atoms with Crippen molar-refractivity contribution in [3.8, 4) is 0 Å². The fraction of sp³-hybridized carbons (Fsp3) is 0.286. The number of nitrogens with zero attached hydrogens (tertiary/aromatic N) is 3. The second kappa shape index (κ2) is 8.50. The molecule has 0 aliphatic heterocycles. The lowest BCUT2D eigenvalue weighted by Crippen LogP contribution is -2.52. The highest BCUT2D eigenvalue weighted by molar-refractivity contribution is 8.05. The molecule has 0 amide bonds. The molecule has 0 aliphatic rings. The largest absolute Gasteiger partial charge is 0.478 e. The van der Waals surface area contributed by atoms with Gasteiger partial charge in [-0.15, -0.1) is 21.6 Å². The van der Waals surface area contributed by atoms with Crippen LogP contribution in [0.25, 0.3) is 0 Å². The van der Waals surface area contributed by atoms with Crippen molar-refractivity contribution in [1.82, 2.24) is 4.98 Å². The van der Waals surface area contributed by atoms with Crippen LogP contribution >= 0.6 is 11.3 Å². The second-order valence-electron chi connectivity index (χ2n) is 5.63. The van der Waals surface area contributed by atoms with Crippen LogP contribution in [-0.2, 0) is 20.2 Å². The smallest absolute Gasteiger partial charge is 0.338 e. The van der Waals surface area contributed by atoms with E-state index in [4.69, 9.17) is 0 Å². The number of benzene rings is 1. The highest BCUT2D eigenvalue weighted by atomic mass is 32.3. The van der Waals surface area contributed by atoms with Crippen LogP contribution in [0.15, 0.2) is 40.0 Å². The number of azo groups is 1. The minimum Gasteiger partial charge on any atom is -0.478 e. The molecule has 0 fully saturated rings. The first kappa shape index (κ1) is 22.8. The van der Waals surface area contributed by atoms with Crippen molar-refractivity contribution < 1.29 is 35.8 Å². The van der Waals surface area contributed by atoms with E-state index >= 15 is 0 Å². The molecule has 0 spiro atoms. The number of hydrogen-bond donors (Lipinski definition) is 4. The van der Waals surface area contributed by atoms with E-state index in [1.165, 1.54) is 13.1 Å². The van der Waals surface area contributed by atoms with E-state index in [0.29, 0.717) is 0 Å². The number of rotatable bonds is 9. The molecule has 15 heteroatoms. The van der Waals surface area contributed by atoms with Crippen molar-refractivity contribution in [2.75, 3.05) is 5.32 Å². The van der Waals surface area contributed by atoms with E-state index in [9.17, 15) is 35.8 Å². The van der Waals surface area contributed by atoms with Crippen molar-refractivity contribution >= 4 is 54.0 Å². The lowest BCUT2D eigenvalue weighted by Gasteiger charge is -2.29. The molecular weight excluding hydrogens is 448 g/mol. The van der Waals surface area contributed by atoms with E-state index in [0.717, 1.165) is 29.5 Å². The van der Waals surface area contributed by atoms with Gasteiger partial charge in [0, 0.05) is 23.7 Å². The Kier molecular flexibility index (Phi) is 6.69. The zero-order valence-electron chi connectivity index (χ0n) is 14.8. The molecule has 2 rings (SSSR count). The van der Waals surface area contributed by atoms with Gasteiger partial charge in [-0.25, -0.2) is 9.78 Å². The number of aromatic carboxylic acids is 1. The monoisotopic (exact) mass is 464 g/mol. The predicted octanol–water partition coefficient (Wildman–Crippen LogP) is 2.90. The number of carboxylic acid groups (broad SMARTS) is 1. The third kappa shape index (κ3) is 4.94. The molecule has 0 unspecified atom stereocenters. The molecule has 0 aliphatic carbocycles. The van der Waals surface area contributed by atoms with Crippen molar-refractivity contribution in [2.24, 2.45) is 10.2 Å². The van der Waals surface area contributed by atoms with Gasteiger partial charge in [0.2, 0.25) is 5.13 Å². The summed E-state index contributed by atoms with van der Waals surface area (Å²) in [6, 6.07) is 3.18. The summed E-state index contributed by atoms with van der Waals surface area (Å²) in [6.07, 6.45) is 0.708. The molecule has 12 nitrogen and oxygen atoms in total. The van der Waals surface area contributed by atoms with Gasteiger partial charge in [0.05, 0.1) is 5.56 Å². The van der Waals surface area contributed by atoms with Crippen LogP contribution in [0.3, 0.4) is 0 Å². The first-order chi connectivity index (χ1) is 13.4. The molecule has 4 N–H and O–H groups in total. The number of hydrogen-bond acceptors (Lipinski definition) is 10. The number of nitrogens with one attached hydrogen (secondary N) is 1. The Morgan fingerprint density at radius 1 is 1.21 bits per heavy atom. The number of carbonyl (C=O) groups is 1. The molecular formula is C14H16N4O8S3. The first-order valence-electron chi connectivity index (χ1n) is 7.82. The summed E-state index contributed by atoms with van der Waals surface area (Å²) < 4.78 is 63.1. The zero-order chi connectivity index (χ0) is 21.9. The van der Waals surface area contributed by atoms with Gasteiger partial charge >= 0.3 is 26.2 Å². The van der Waals surface area contributed by atoms with Gasteiger partial charge in [-0.2, -0.15) is 16.8 Å². The van der Waals surface area contributed by atoms with Crippen LogP contribution in [0.5, 0.6) is 0 Å². The second-order valence-corrected chi connectivity index (χ2v) is 10.1. The fourth-order valence-corrected chi connectivity index (χ4v) is 5.30. The van der Waals surface area contributed by atoms with E-state index < -0.39 is 42.4 Å². The average molecular weight is 465 g/mol. The number of aromatic nitrogens is 1. The Morgan fingerprint density at radius 2 is 1.86 bits per heavy atom. The minimum atomic E-state index is -5.37. The molecule has 0 bridgehead atoms. The average Bonchev–Trinajstić information content (AvgIpc) is 3.11. The number of carboxylic acids is 1. The molecule has 2 aromatic rings. The van der Waals surface area contributed by atoms with Crippen molar-refractivity contribution in [3.63, 3.8) is 0 Å². The summed E-state index contributed by atoms with van der Waals surface area (Å²) in [5.74, 6) is -1.46. The third-order valence-electron chi connectivity index (χ3n) is 3.64. The van der Waals surface area contributed by atoms with Gasteiger partial charge in [0.1, 0.15) is 5.69 Å². The summed E-state index contributed by atoms with van der Waals surface area (Å²) in [5, 5.41) is 20.9. The third-order valence-corrected chi connectivity index (χ3v) is 7.84. The SMILES string of the molecule is CCCC(Nc1ccc(N=Nc2nccs2)c(C(=O)O)c1)(S(=O)(=O)O)S(=O)(=O)O. The van der Waals surface area contributed by atoms with E-state index in [-0.39, 0.29) is 22.9 Å². The highest BCUT2D eigenvalue weighted by Crippen LogP contribution is 2.33. The minimum absolute atomic E-state index is 0.0571. The van der Waals surface area contributed by atoms with E-state index in [1.807, 2.05) is 5.32 Å². The lowest BCUT2D eigenvalue weighted by molar-refractivity contribution is 0.0697. The van der Waals surface area contributed by atoms with Crippen LogP contribution in [-0.4, -0.2) is 46.2 Å². The molecule has 1 heterocycles. The molecule has 158 valence electrons. The molecule has 0 radical (unpaired) electrons. The van der Waals surface area contributed by atoms with Crippen molar-refractivity contribution in [1.29, 1.82) is 0 Å². The van der Waals surface area contributed by atoms with Crippen LogP contribution in [0, 0.1) is 0 Å². The topological polar surface area (TPSA) is 196 Å². The van der Waals surface area contributed by atoms with E-state index in [1.54, 1.807) is 5.38 Å². The van der Waals surface area contributed by atoms with Gasteiger partial charge in [0.25, 0.3) is 4.20 Å². The van der Waals surface area contributed by atoms with Crippen LogP contribution < -0.4 is 5.32 Å². The molecule has 0 atom stereocenters. The van der Waals surface area contributed by atoms with Gasteiger partial charge in [-0.05, 0) is 18.2 Å². The fourth-order valence-electron chi connectivity index (χ4n) is 2.37. The van der Waals surface area contributed by atoms with Gasteiger partial charge in [-0.3, -0.25) is 9.11 Å². The first-order valence-corrected chi connectivity index (χ1v) is 11.6. The maximum atomic E-state index is 11.8. The lowest BCUT2D eigenvalue weighted by atomic mass is 10.1. The predicted molar refractivity (Wildman–Crippen MR) is 104 cm³/mol. The zero-order valence-corrected chi connectivity index (χ0v) is 17.2. The summed E-state index contributed by atoms with van der Waals surface area (Å²) in [4.78, 5) is 15.4. The number of anilines is 1. The summed E-state index contributed by atoms with van der Waals surface area (Å²) in [7, 11) is -10.7.